The first kappa shape index (κ1) is 13.0. The number of rotatable bonds is 3. The second-order valence-electron chi connectivity index (χ2n) is 4.33. The summed E-state index contributed by atoms with van der Waals surface area (Å²) >= 11 is 0. The summed E-state index contributed by atoms with van der Waals surface area (Å²) in [7, 11) is 3.23. The molecule has 1 heterocycles. The first-order chi connectivity index (χ1) is 9.08. The Labute approximate surface area is 111 Å². The molecule has 0 aliphatic heterocycles. The van der Waals surface area contributed by atoms with Crippen LogP contribution in [-0.4, -0.2) is 27.6 Å². The van der Waals surface area contributed by atoms with Gasteiger partial charge in [-0.3, -0.25) is 9.59 Å². The van der Waals surface area contributed by atoms with E-state index in [2.05, 4.69) is 5.10 Å². The molecule has 0 unspecified atom stereocenters. The molecule has 5 nitrogen and oxygen atoms in total. The highest BCUT2D eigenvalue weighted by atomic mass is 16.2. The Morgan fingerprint density at radius 3 is 2.53 bits per heavy atom. The quantitative estimate of drug-likeness (QED) is 0.826. The number of aromatic nitrogens is 2. The number of aryl methyl sites for hydroxylation is 1. The Bertz CT molecular complexity index is 635. The largest absolute Gasteiger partial charge is 0.336 e. The average molecular weight is 257 g/mol. The van der Waals surface area contributed by atoms with Crippen LogP contribution in [0.1, 0.15) is 16.1 Å². The summed E-state index contributed by atoms with van der Waals surface area (Å²) in [5.41, 5.74) is 1.07. The zero-order valence-electron chi connectivity index (χ0n) is 10.9. The van der Waals surface area contributed by atoms with E-state index in [4.69, 9.17) is 0 Å². The van der Waals surface area contributed by atoms with Gasteiger partial charge in [-0.15, -0.1) is 0 Å². The summed E-state index contributed by atoms with van der Waals surface area (Å²) in [6.45, 7) is 0.504. The Kier molecular flexibility index (Phi) is 3.75. The molecule has 0 radical (unpaired) electrons. The maximum Gasteiger partial charge on any atom is 0.274 e. The number of carbonyl (C=O) groups is 1. The predicted octanol–water partition coefficient (Wildman–Crippen LogP) is 1.05. The second kappa shape index (κ2) is 5.48. The lowest BCUT2D eigenvalue weighted by molar-refractivity contribution is 0.0776. The van der Waals surface area contributed by atoms with Crippen molar-refractivity contribution in [1.29, 1.82) is 0 Å². The molecule has 0 aliphatic carbocycles. The van der Waals surface area contributed by atoms with Gasteiger partial charge in [0.05, 0.1) is 0 Å². The first-order valence-electron chi connectivity index (χ1n) is 5.91. The molecule has 1 aromatic heterocycles. The molecule has 2 rings (SSSR count). The molecule has 0 atom stereocenters. The molecular formula is C14H15N3O2. The van der Waals surface area contributed by atoms with Crippen molar-refractivity contribution in [1.82, 2.24) is 14.7 Å². The molecule has 0 bridgehead atoms. The van der Waals surface area contributed by atoms with Crippen molar-refractivity contribution in [3.8, 4) is 0 Å². The van der Waals surface area contributed by atoms with Crippen LogP contribution in [0.2, 0.25) is 0 Å². The summed E-state index contributed by atoms with van der Waals surface area (Å²) in [4.78, 5) is 25.0. The SMILES string of the molecule is CN(Cc1ccccc1)C(=O)c1ccc(=O)n(C)n1. The van der Waals surface area contributed by atoms with Crippen LogP contribution >= 0.6 is 0 Å². The normalized spacial score (nSPS) is 10.2. The third-order valence-corrected chi connectivity index (χ3v) is 2.79. The van der Waals surface area contributed by atoms with Crippen molar-refractivity contribution in [2.75, 3.05) is 7.05 Å². The van der Waals surface area contributed by atoms with Gasteiger partial charge in [0, 0.05) is 26.7 Å². The number of amides is 1. The number of nitrogens with zero attached hydrogens (tertiary/aromatic N) is 3. The zero-order valence-corrected chi connectivity index (χ0v) is 10.9. The average Bonchev–Trinajstić information content (AvgIpc) is 2.42. The van der Waals surface area contributed by atoms with E-state index in [1.54, 1.807) is 11.9 Å². The van der Waals surface area contributed by atoms with Gasteiger partial charge in [-0.05, 0) is 11.6 Å². The fourth-order valence-corrected chi connectivity index (χ4v) is 1.74. The van der Waals surface area contributed by atoms with Gasteiger partial charge in [-0.25, -0.2) is 4.68 Å². The van der Waals surface area contributed by atoms with E-state index in [0.717, 1.165) is 10.2 Å². The fourth-order valence-electron chi connectivity index (χ4n) is 1.74. The Balaban J connectivity index is 2.15. The van der Waals surface area contributed by atoms with Gasteiger partial charge >= 0.3 is 0 Å². The molecule has 0 saturated heterocycles. The molecule has 1 aromatic carbocycles. The van der Waals surface area contributed by atoms with Gasteiger partial charge in [0.1, 0.15) is 5.69 Å². The Morgan fingerprint density at radius 1 is 1.21 bits per heavy atom. The van der Waals surface area contributed by atoms with E-state index in [-0.39, 0.29) is 17.2 Å². The van der Waals surface area contributed by atoms with Crippen LogP contribution in [0.5, 0.6) is 0 Å². The molecule has 19 heavy (non-hydrogen) atoms. The van der Waals surface area contributed by atoms with E-state index in [1.165, 1.54) is 19.2 Å². The first-order valence-corrected chi connectivity index (χ1v) is 5.91. The maximum absolute atomic E-state index is 12.2. The van der Waals surface area contributed by atoms with Crippen molar-refractivity contribution >= 4 is 5.91 Å². The smallest absolute Gasteiger partial charge is 0.274 e. The molecular weight excluding hydrogens is 242 g/mol. The number of hydrogen-bond acceptors (Lipinski definition) is 3. The van der Waals surface area contributed by atoms with E-state index in [9.17, 15) is 9.59 Å². The Morgan fingerprint density at radius 2 is 1.89 bits per heavy atom. The van der Waals surface area contributed by atoms with E-state index < -0.39 is 0 Å². The minimum Gasteiger partial charge on any atom is -0.336 e. The number of carbonyl (C=O) groups excluding carboxylic acids is 1. The summed E-state index contributed by atoms with van der Waals surface area (Å²) in [6.07, 6.45) is 0. The lowest BCUT2D eigenvalue weighted by atomic mass is 10.2. The lowest BCUT2D eigenvalue weighted by Gasteiger charge is -2.16. The van der Waals surface area contributed by atoms with Crippen LogP contribution in [0.4, 0.5) is 0 Å². The number of hydrogen-bond donors (Lipinski definition) is 0. The van der Waals surface area contributed by atoms with Gasteiger partial charge in [0.2, 0.25) is 0 Å². The van der Waals surface area contributed by atoms with Crippen molar-refractivity contribution < 1.29 is 4.79 Å². The highest BCUT2D eigenvalue weighted by Gasteiger charge is 2.14. The summed E-state index contributed by atoms with van der Waals surface area (Å²) in [6, 6.07) is 12.5. The molecule has 2 aromatic rings. The summed E-state index contributed by atoms with van der Waals surface area (Å²) < 4.78 is 1.16. The maximum atomic E-state index is 12.2. The van der Waals surface area contributed by atoms with Crippen LogP contribution in [0, 0.1) is 0 Å². The third-order valence-electron chi connectivity index (χ3n) is 2.79. The van der Waals surface area contributed by atoms with Gasteiger partial charge in [-0.1, -0.05) is 30.3 Å². The van der Waals surface area contributed by atoms with Crippen LogP contribution < -0.4 is 5.56 Å². The molecule has 0 aliphatic rings. The number of benzene rings is 1. The van der Waals surface area contributed by atoms with Crippen LogP contribution in [0.15, 0.2) is 47.3 Å². The second-order valence-corrected chi connectivity index (χ2v) is 4.33. The van der Waals surface area contributed by atoms with E-state index in [0.29, 0.717) is 6.54 Å². The van der Waals surface area contributed by atoms with Crippen molar-refractivity contribution in [2.45, 2.75) is 6.54 Å². The highest BCUT2D eigenvalue weighted by molar-refractivity contribution is 5.91. The van der Waals surface area contributed by atoms with Crippen molar-refractivity contribution in [3.05, 3.63) is 64.1 Å². The molecule has 5 heteroatoms. The van der Waals surface area contributed by atoms with Crippen LogP contribution in [-0.2, 0) is 13.6 Å². The van der Waals surface area contributed by atoms with Crippen molar-refractivity contribution in [2.24, 2.45) is 7.05 Å². The van der Waals surface area contributed by atoms with Gasteiger partial charge in [0.15, 0.2) is 0 Å². The topological polar surface area (TPSA) is 55.2 Å². The van der Waals surface area contributed by atoms with Gasteiger partial charge in [0.25, 0.3) is 11.5 Å². The molecule has 0 N–H and O–H groups in total. The molecule has 0 fully saturated rings. The molecule has 0 spiro atoms. The lowest BCUT2D eigenvalue weighted by Crippen LogP contribution is -2.30. The molecule has 0 saturated carbocycles. The van der Waals surface area contributed by atoms with Crippen LogP contribution in [0.25, 0.3) is 0 Å². The fraction of sp³-hybridized carbons (Fsp3) is 0.214. The third kappa shape index (κ3) is 3.07. The zero-order chi connectivity index (χ0) is 13.8. The van der Waals surface area contributed by atoms with E-state index in [1.807, 2.05) is 30.3 Å². The minimum atomic E-state index is -0.234. The van der Waals surface area contributed by atoms with Crippen molar-refractivity contribution in [3.63, 3.8) is 0 Å². The Hall–Kier alpha value is -2.43. The molecule has 98 valence electrons. The predicted molar refractivity (Wildman–Crippen MR) is 71.7 cm³/mol. The highest BCUT2D eigenvalue weighted by Crippen LogP contribution is 2.05. The minimum absolute atomic E-state index is 0.209. The summed E-state index contributed by atoms with van der Waals surface area (Å²) in [5.74, 6) is -0.209. The monoisotopic (exact) mass is 257 g/mol. The summed E-state index contributed by atoms with van der Waals surface area (Å²) in [5, 5.41) is 3.95. The van der Waals surface area contributed by atoms with E-state index >= 15 is 0 Å². The molecule has 1 amide bonds. The van der Waals surface area contributed by atoms with Gasteiger partial charge in [-0.2, -0.15) is 5.10 Å². The van der Waals surface area contributed by atoms with Gasteiger partial charge < -0.3 is 4.90 Å². The standard InChI is InChI=1S/C14H15N3O2/c1-16(10-11-6-4-3-5-7-11)14(19)12-8-9-13(18)17(2)15-12/h3-9H,10H2,1-2H3. The van der Waals surface area contributed by atoms with Crippen LogP contribution in [0.3, 0.4) is 0 Å².